The molecule has 0 unspecified atom stereocenters. The molecule has 1 N–H and O–H groups in total. The van der Waals surface area contributed by atoms with Gasteiger partial charge in [-0.1, -0.05) is 6.07 Å². The van der Waals surface area contributed by atoms with Gasteiger partial charge in [-0.25, -0.2) is 0 Å². The number of nitrogens with zero attached hydrogens (tertiary/aromatic N) is 1. The normalized spacial score (nSPS) is 16.9. The Bertz CT molecular complexity index is 334. The Morgan fingerprint density at radius 2 is 2.47 bits per heavy atom. The molecule has 0 spiro atoms. The van der Waals surface area contributed by atoms with Crippen LogP contribution in [0.5, 0.6) is 0 Å². The lowest BCUT2D eigenvalue weighted by molar-refractivity contribution is -0.181. The molecule has 1 amide bonds. The summed E-state index contributed by atoms with van der Waals surface area (Å²) < 4.78 is 0. The molecular weight excluding hydrogens is 236 g/mol. The molecule has 5 heteroatoms. The van der Waals surface area contributed by atoms with Crippen molar-refractivity contribution >= 4 is 17.2 Å². The predicted octanol–water partition coefficient (Wildman–Crippen LogP) is 1.78. The van der Waals surface area contributed by atoms with Gasteiger partial charge in [-0.2, -0.15) is 5.06 Å². The van der Waals surface area contributed by atoms with Crippen LogP contribution in [0.3, 0.4) is 0 Å². The van der Waals surface area contributed by atoms with E-state index >= 15 is 0 Å². The van der Waals surface area contributed by atoms with Gasteiger partial charge in [0.15, 0.2) is 0 Å². The van der Waals surface area contributed by atoms with Crippen molar-refractivity contribution in [3.63, 3.8) is 0 Å². The summed E-state index contributed by atoms with van der Waals surface area (Å²) in [6.07, 6.45) is 2.79. The molecule has 1 saturated heterocycles. The van der Waals surface area contributed by atoms with E-state index in [0.717, 1.165) is 26.0 Å². The zero-order chi connectivity index (χ0) is 11.9. The van der Waals surface area contributed by atoms with E-state index in [9.17, 15) is 4.79 Å². The van der Waals surface area contributed by atoms with Crippen LogP contribution in [-0.2, 0) is 16.2 Å². The second-order valence-electron chi connectivity index (χ2n) is 4.08. The number of carbonyl (C=O) groups is 1. The van der Waals surface area contributed by atoms with Gasteiger partial charge in [0.25, 0.3) is 0 Å². The van der Waals surface area contributed by atoms with Crippen LogP contribution < -0.4 is 5.32 Å². The van der Waals surface area contributed by atoms with Crippen LogP contribution in [0.4, 0.5) is 0 Å². The average Bonchev–Trinajstić information content (AvgIpc) is 2.88. The first-order chi connectivity index (χ1) is 8.34. The van der Waals surface area contributed by atoms with Crippen molar-refractivity contribution in [3.8, 4) is 0 Å². The maximum absolute atomic E-state index is 11.6. The first kappa shape index (κ1) is 12.5. The molecule has 94 valence electrons. The summed E-state index contributed by atoms with van der Waals surface area (Å²) in [5, 5.41) is 6.83. The maximum atomic E-state index is 11.6. The van der Waals surface area contributed by atoms with Crippen LogP contribution in [-0.4, -0.2) is 30.7 Å². The Morgan fingerprint density at radius 1 is 1.53 bits per heavy atom. The van der Waals surface area contributed by atoms with Crippen molar-refractivity contribution < 1.29 is 9.63 Å². The van der Waals surface area contributed by atoms with Gasteiger partial charge in [0, 0.05) is 24.4 Å². The topological polar surface area (TPSA) is 41.6 Å². The fourth-order valence-electron chi connectivity index (χ4n) is 1.74. The third kappa shape index (κ3) is 4.46. The molecule has 1 aliphatic heterocycles. The van der Waals surface area contributed by atoms with Gasteiger partial charge in [-0.05, 0) is 24.3 Å². The molecule has 0 aromatic carbocycles. The van der Waals surface area contributed by atoms with Crippen molar-refractivity contribution in [3.05, 3.63) is 22.4 Å². The van der Waals surface area contributed by atoms with Gasteiger partial charge in [-0.15, -0.1) is 11.3 Å². The van der Waals surface area contributed by atoms with Gasteiger partial charge >= 0.3 is 0 Å². The Balaban J connectivity index is 1.60. The highest BCUT2D eigenvalue weighted by atomic mass is 32.1. The van der Waals surface area contributed by atoms with E-state index in [1.807, 2.05) is 22.6 Å². The highest BCUT2D eigenvalue weighted by molar-refractivity contribution is 7.09. The Hall–Kier alpha value is -0.910. The number of hydrogen-bond acceptors (Lipinski definition) is 4. The summed E-state index contributed by atoms with van der Waals surface area (Å²) in [7, 11) is 0. The average molecular weight is 254 g/mol. The quantitative estimate of drug-likeness (QED) is 0.871. The summed E-state index contributed by atoms with van der Waals surface area (Å²) in [6, 6.07) is 4.02. The summed E-state index contributed by atoms with van der Waals surface area (Å²) in [5.41, 5.74) is 0. The van der Waals surface area contributed by atoms with E-state index in [-0.39, 0.29) is 5.91 Å². The molecule has 1 aromatic rings. The van der Waals surface area contributed by atoms with Crippen molar-refractivity contribution in [1.82, 2.24) is 10.4 Å². The molecule has 0 aliphatic carbocycles. The molecule has 4 nitrogen and oxygen atoms in total. The molecular formula is C12H18N2O2S. The standard InChI is InChI=1S/C12H18N2O2S/c15-12(13-10-11-4-3-9-17-11)5-7-14-6-1-2-8-16-14/h3-4,9H,1-2,5-8,10H2,(H,13,15). The first-order valence-corrected chi connectivity index (χ1v) is 6.89. The number of nitrogens with one attached hydrogen (secondary N) is 1. The van der Waals surface area contributed by atoms with Gasteiger partial charge < -0.3 is 5.32 Å². The highest BCUT2D eigenvalue weighted by Crippen LogP contribution is 2.08. The Morgan fingerprint density at radius 3 is 3.18 bits per heavy atom. The molecule has 0 bridgehead atoms. The fourth-order valence-corrected chi connectivity index (χ4v) is 2.38. The monoisotopic (exact) mass is 254 g/mol. The fraction of sp³-hybridized carbons (Fsp3) is 0.583. The SMILES string of the molecule is O=C(CCN1CCCCO1)NCc1cccs1. The third-order valence-electron chi connectivity index (χ3n) is 2.70. The van der Waals surface area contributed by atoms with Crippen LogP contribution >= 0.6 is 11.3 Å². The first-order valence-electron chi connectivity index (χ1n) is 6.01. The second-order valence-corrected chi connectivity index (χ2v) is 5.11. The minimum Gasteiger partial charge on any atom is -0.351 e. The van der Waals surface area contributed by atoms with Gasteiger partial charge in [0.2, 0.25) is 5.91 Å². The van der Waals surface area contributed by atoms with E-state index < -0.39 is 0 Å². The molecule has 2 heterocycles. The maximum Gasteiger partial charge on any atom is 0.221 e. The number of amides is 1. The minimum atomic E-state index is 0.0903. The van der Waals surface area contributed by atoms with E-state index in [2.05, 4.69) is 5.32 Å². The lowest BCUT2D eigenvalue weighted by atomic mass is 10.3. The third-order valence-corrected chi connectivity index (χ3v) is 3.58. The molecule has 2 rings (SSSR count). The lowest BCUT2D eigenvalue weighted by Crippen LogP contribution is -2.34. The number of thiophene rings is 1. The largest absolute Gasteiger partial charge is 0.351 e. The summed E-state index contributed by atoms with van der Waals surface area (Å²) in [6.45, 7) is 3.06. The van der Waals surface area contributed by atoms with E-state index in [4.69, 9.17) is 4.84 Å². The number of hydrogen-bond donors (Lipinski definition) is 1. The van der Waals surface area contributed by atoms with Crippen LogP contribution in [0.15, 0.2) is 17.5 Å². The van der Waals surface area contributed by atoms with Gasteiger partial charge in [0.1, 0.15) is 0 Å². The zero-order valence-electron chi connectivity index (χ0n) is 9.85. The van der Waals surface area contributed by atoms with Crippen LogP contribution in [0.25, 0.3) is 0 Å². The molecule has 1 fully saturated rings. The van der Waals surface area contributed by atoms with E-state index in [0.29, 0.717) is 19.5 Å². The summed E-state index contributed by atoms with van der Waals surface area (Å²) in [4.78, 5) is 18.2. The molecule has 1 aliphatic rings. The van der Waals surface area contributed by atoms with Crippen LogP contribution in [0.1, 0.15) is 24.1 Å². The van der Waals surface area contributed by atoms with Gasteiger partial charge in [-0.3, -0.25) is 9.63 Å². The highest BCUT2D eigenvalue weighted by Gasteiger charge is 2.12. The van der Waals surface area contributed by atoms with E-state index in [1.54, 1.807) is 11.3 Å². The number of hydroxylamine groups is 2. The summed E-state index contributed by atoms with van der Waals surface area (Å²) >= 11 is 1.66. The van der Waals surface area contributed by atoms with Crippen molar-refractivity contribution in [1.29, 1.82) is 0 Å². The molecule has 1 aromatic heterocycles. The Kier molecular flexibility index (Phi) is 4.97. The van der Waals surface area contributed by atoms with E-state index in [1.165, 1.54) is 4.88 Å². The van der Waals surface area contributed by atoms with Crippen molar-refractivity contribution in [2.24, 2.45) is 0 Å². The summed E-state index contributed by atoms with van der Waals surface area (Å²) in [5.74, 6) is 0.0903. The van der Waals surface area contributed by atoms with Crippen LogP contribution in [0, 0.1) is 0 Å². The molecule has 17 heavy (non-hydrogen) atoms. The zero-order valence-corrected chi connectivity index (χ0v) is 10.7. The van der Waals surface area contributed by atoms with Crippen molar-refractivity contribution in [2.75, 3.05) is 19.7 Å². The Labute approximate surface area is 106 Å². The lowest BCUT2D eigenvalue weighted by Gasteiger charge is -2.25. The molecule has 0 atom stereocenters. The molecule has 0 radical (unpaired) electrons. The van der Waals surface area contributed by atoms with Crippen molar-refractivity contribution in [2.45, 2.75) is 25.8 Å². The number of rotatable bonds is 5. The predicted molar refractivity (Wildman–Crippen MR) is 67.5 cm³/mol. The van der Waals surface area contributed by atoms with Crippen LogP contribution in [0.2, 0.25) is 0 Å². The smallest absolute Gasteiger partial charge is 0.221 e. The minimum absolute atomic E-state index is 0.0903. The van der Waals surface area contributed by atoms with Gasteiger partial charge in [0.05, 0.1) is 13.2 Å². The second kappa shape index (κ2) is 6.74. The number of carbonyl (C=O) groups excluding carboxylic acids is 1. The molecule has 0 saturated carbocycles.